The third kappa shape index (κ3) is 4.02. The van der Waals surface area contributed by atoms with Gasteiger partial charge in [-0.2, -0.15) is 4.31 Å². The van der Waals surface area contributed by atoms with E-state index in [0.29, 0.717) is 18.7 Å². The van der Waals surface area contributed by atoms with E-state index in [-0.39, 0.29) is 23.3 Å². The quantitative estimate of drug-likeness (QED) is 0.774. The average molecular weight is 381 g/mol. The summed E-state index contributed by atoms with van der Waals surface area (Å²) in [6, 6.07) is 6.40. The van der Waals surface area contributed by atoms with Gasteiger partial charge in [0, 0.05) is 39.3 Å². The molecule has 2 aliphatic rings. The molecular formula is C18H27N3O4S. The second-order valence-corrected chi connectivity index (χ2v) is 8.94. The van der Waals surface area contributed by atoms with Crippen molar-refractivity contribution in [3.63, 3.8) is 0 Å². The number of amides is 1. The van der Waals surface area contributed by atoms with Crippen molar-refractivity contribution in [2.75, 3.05) is 53.4 Å². The zero-order chi connectivity index (χ0) is 18.7. The fourth-order valence-electron chi connectivity index (χ4n) is 3.54. The number of piperazine rings is 1. The molecule has 2 aliphatic heterocycles. The normalized spacial score (nSPS) is 23.0. The highest BCUT2D eigenvalue weighted by Crippen LogP contribution is 2.26. The Labute approximate surface area is 155 Å². The summed E-state index contributed by atoms with van der Waals surface area (Å²) in [4.78, 5) is 17.1. The number of ether oxygens (including phenoxy) is 1. The summed E-state index contributed by atoms with van der Waals surface area (Å²) in [5.74, 6) is 0.457. The van der Waals surface area contributed by atoms with E-state index in [1.54, 1.807) is 31.4 Å². The predicted molar refractivity (Wildman–Crippen MR) is 98.6 cm³/mol. The molecule has 144 valence electrons. The van der Waals surface area contributed by atoms with Gasteiger partial charge in [-0.1, -0.05) is 0 Å². The van der Waals surface area contributed by atoms with Crippen LogP contribution in [-0.4, -0.2) is 81.9 Å². The van der Waals surface area contributed by atoms with Crippen molar-refractivity contribution in [2.45, 2.75) is 17.7 Å². The van der Waals surface area contributed by atoms with E-state index in [0.717, 1.165) is 32.6 Å². The molecule has 0 spiro atoms. The minimum atomic E-state index is -3.59. The molecule has 0 radical (unpaired) electrons. The lowest BCUT2D eigenvalue weighted by molar-refractivity contribution is -0.138. The number of piperidine rings is 1. The molecule has 1 amide bonds. The SMILES string of the molecule is COc1ccc(S(=O)(=O)N2CCCC(C(=O)N3CCN(C)CC3)C2)cc1. The van der Waals surface area contributed by atoms with E-state index in [4.69, 9.17) is 4.74 Å². The molecular weight excluding hydrogens is 354 g/mol. The van der Waals surface area contributed by atoms with Gasteiger partial charge in [-0.15, -0.1) is 0 Å². The fraction of sp³-hybridized carbons (Fsp3) is 0.611. The van der Waals surface area contributed by atoms with Crippen molar-refractivity contribution >= 4 is 15.9 Å². The first kappa shape index (κ1) is 19.1. The average Bonchev–Trinajstić information content (AvgIpc) is 2.68. The molecule has 0 N–H and O–H groups in total. The first-order valence-electron chi connectivity index (χ1n) is 9.03. The summed E-state index contributed by atoms with van der Waals surface area (Å²) in [6.07, 6.45) is 1.46. The number of carbonyl (C=O) groups excluding carboxylic acids is 1. The van der Waals surface area contributed by atoms with Crippen LogP contribution in [0, 0.1) is 5.92 Å². The molecule has 0 aromatic heterocycles. The number of benzene rings is 1. The molecule has 0 aliphatic carbocycles. The van der Waals surface area contributed by atoms with Crippen molar-refractivity contribution in [1.82, 2.24) is 14.1 Å². The number of hydrogen-bond acceptors (Lipinski definition) is 5. The number of hydrogen-bond donors (Lipinski definition) is 0. The summed E-state index contributed by atoms with van der Waals surface area (Å²) < 4.78 is 32.4. The molecule has 3 rings (SSSR count). The number of rotatable bonds is 4. The minimum absolute atomic E-state index is 0.0905. The monoisotopic (exact) mass is 381 g/mol. The Morgan fingerprint density at radius 3 is 2.35 bits per heavy atom. The summed E-state index contributed by atoms with van der Waals surface area (Å²) in [5.41, 5.74) is 0. The maximum absolute atomic E-state index is 12.9. The third-order valence-electron chi connectivity index (χ3n) is 5.25. The van der Waals surface area contributed by atoms with Crippen LogP contribution in [0.1, 0.15) is 12.8 Å². The van der Waals surface area contributed by atoms with E-state index >= 15 is 0 Å². The third-order valence-corrected chi connectivity index (χ3v) is 7.12. The Balaban J connectivity index is 1.69. The van der Waals surface area contributed by atoms with Gasteiger partial charge in [-0.25, -0.2) is 8.42 Å². The first-order chi connectivity index (χ1) is 12.4. The summed E-state index contributed by atoms with van der Waals surface area (Å²) in [6.45, 7) is 3.90. The smallest absolute Gasteiger partial charge is 0.243 e. The van der Waals surface area contributed by atoms with Gasteiger partial charge in [0.05, 0.1) is 17.9 Å². The number of sulfonamides is 1. The van der Waals surface area contributed by atoms with Gasteiger partial charge in [0.25, 0.3) is 0 Å². The minimum Gasteiger partial charge on any atom is -0.497 e. The van der Waals surface area contributed by atoms with Crippen LogP contribution >= 0.6 is 0 Å². The summed E-state index contributed by atoms with van der Waals surface area (Å²) in [7, 11) is -0.00258. The Bertz CT molecular complexity index is 727. The van der Waals surface area contributed by atoms with Crippen molar-refractivity contribution in [3.05, 3.63) is 24.3 Å². The summed E-state index contributed by atoms with van der Waals surface area (Å²) >= 11 is 0. The second kappa shape index (κ2) is 7.94. The molecule has 2 saturated heterocycles. The summed E-state index contributed by atoms with van der Waals surface area (Å²) in [5, 5.41) is 0. The van der Waals surface area contributed by atoms with Crippen LogP contribution in [0.15, 0.2) is 29.2 Å². The molecule has 2 fully saturated rings. The van der Waals surface area contributed by atoms with E-state index in [9.17, 15) is 13.2 Å². The van der Waals surface area contributed by atoms with Crippen LogP contribution in [0.2, 0.25) is 0 Å². The van der Waals surface area contributed by atoms with Crippen molar-refractivity contribution in [2.24, 2.45) is 5.92 Å². The highest BCUT2D eigenvalue weighted by Gasteiger charge is 2.35. The number of nitrogens with zero attached hydrogens (tertiary/aromatic N) is 3. The standard InChI is InChI=1S/C18H27N3O4S/c1-19-10-12-20(13-11-19)18(22)15-4-3-9-21(14-15)26(23,24)17-7-5-16(25-2)6-8-17/h5-8,15H,3-4,9-14H2,1-2H3. The van der Waals surface area contributed by atoms with Gasteiger partial charge >= 0.3 is 0 Å². The maximum atomic E-state index is 12.9. The van der Waals surface area contributed by atoms with E-state index in [2.05, 4.69) is 4.90 Å². The van der Waals surface area contributed by atoms with Crippen molar-refractivity contribution < 1.29 is 17.9 Å². The molecule has 0 saturated carbocycles. The van der Waals surface area contributed by atoms with Gasteiger partial charge in [-0.3, -0.25) is 4.79 Å². The van der Waals surface area contributed by atoms with Crippen LogP contribution in [0.5, 0.6) is 5.75 Å². The molecule has 8 heteroatoms. The Kier molecular flexibility index (Phi) is 5.84. The Morgan fingerprint density at radius 2 is 1.73 bits per heavy atom. The Morgan fingerprint density at radius 1 is 1.08 bits per heavy atom. The molecule has 1 unspecified atom stereocenters. The number of likely N-dealkylation sites (N-methyl/N-ethyl adjacent to an activating group) is 1. The molecule has 1 atom stereocenters. The van der Waals surface area contributed by atoms with E-state index in [1.807, 2.05) is 11.9 Å². The lowest BCUT2D eigenvalue weighted by Crippen LogP contribution is -2.52. The maximum Gasteiger partial charge on any atom is 0.243 e. The zero-order valence-corrected chi connectivity index (χ0v) is 16.2. The van der Waals surface area contributed by atoms with Gasteiger partial charge < -0.3 is 14.5 Å². The fourth-order valence-corrected chi connectivity index (χ4v) is 5.07. The van der Waals surface area contributed by atoms with Gasteiger partial charge in [-0.05, 0) is 44.2 Å². The van der Waals surface area contributed by atoms with Crippen LogP contribution < -0.4 is 4.74 Å². The van der Waals surface area contributed by atoms with E-state index in [1.165, 1.54) is 4.31 Å². The van der Waals surface area contributed by atoms with Crippen LogP contribution in [0.4, 0.5) is 0 Å². The van der Waals surface area contributed by atoms with Crippen LogP contribution in [0.25, 0.3) is 0 Å². The molecule has 2 heterocycles. The Hall–Kier alpha value is -1.64. The molecule has 26 heavy (non-hydrogen) atoms. The first-order valence-corrected chi connectivity index (χ1v) is 10.5. The van der Waals surface area contributed by atoms with Crippen molar-refractivity contribution in [1.29, 1.82) is 0 Å². The molecule has 7 nitrogen and oxygen atoms in total. The van der Waals surface area contributed by atoms with Gasteiger partial charge in [0.15, 0.2) is 0 Å². The van der Waals surface area contributed by atoms with E-state index < -0.39 is 10.0 Å². The predicted octanol–water partition coefficient (Wildman–Crippen LogP) is 0.870. The van der Waals surface area contributed by atoms with Crippen LogP contribution in [-0.2, 0) is 14.8 Å². The lowest BCUT2D eigenvalue weighted by atomic mass is 9.98. The van der Waals surface area contributed by atoms with Crippen LogP contribution in [0.3, 0.4) is 0 Å². The van der Waals surface area contributed by atoms with Gasteiger partial charge in [0.1, 0.15) is 5.75 Å². The highest BCUT2D eigenvalue weighted by molar-refractivity contribution is 7.89. The number of carbonyl (C=O) groups is 1. The lowest BCUT2D eigenvalue weighted by Gasteiger charge is -2.37. The number of methoxy groups -OCH3 is 1. The van der Waals surface area contributed by atoms with Gasteiger partial charge in [0.2, 0.25) is 15.9 Å². The molecule has 1 aromatic carbocycles. The topological polar surface area (TPSA) is 70.2 Å². The second-order valence-electron chi connectivity index (χ2n) is 7.01. The molecule has 0 bridgehead atoms. The zero-order valence-electron chi connectivity index (χ0n) is 15.4. The largest absolute Gasteiger partial charge is 0.497 e. The highest BCUT2D eigenvalue weighted by atomic mass is 32.2. The molecule has 1 aromatic rings. The van der Waals surface area contributed by atoms with Crippen molar-refractivity contribution in [3.8, 4) is 5.75 Å².